The van der Waals surface area contributed by atoms with Gasteiger partial charge in [0, 0.05) is 27.8 Å². The molecular formula is C18H18BrN3O2S. The molecule has 5 nitrogen and oxygen atoms in total. The van der Waals surface area contributed by atoms with E-state index in [2.05, 4.69) is 31.9 Å². The third-order valence-electron chi connectivity index (χ3n) is 3.38. The van der Waals surface area contributed by atoms with Crippen molar-refractivity contribution in [3.05, 3.63) is 63.6 Å². The van der Waals surface area contributed by atoms with Crippen LogP contribution in [0.3, 0.4) is 0 Å². The van der Waals surface area contributed by atoms with Crippen molar-refractivity contribution in [2.75, 3.05) is 11.9 Å². The number of aryl methyl sites for hydroxylation is 1. The van der Waals surface area contributed by atoms with Gasteiger partial charge in [0.15, 0.2) is 5.11 Å². The molecule has 0 radical (unpaired) electrons. The van der Waals surface area contributed by atoms with E-state index in [1.807, 2.05) is 19.9 Å². The fourth-order valence-electron chi connectivity index (χ4n) is 2.07. The van der Waals surface area contributed by atoms with Crippen molar-refractivity contribution in [3.63, 3.8) is 0 Å². The lowest BCUT2D eigenvalue weighted by molar-refractivity contribution is 0.0953. The maximum absolute atomic E-state index is 12.2. The zero-order chi connectivity index (χ0) is 18.4. The average Bonchev–Trinajstić information content (AvgIpc) is 2.57. The largest absolute Gasteiger partial charge is 0.352 e. The number of carbonyl (C=O) groups excluding carboxylic acids is 2. The number of benzene rings is 2. The molecule has 7 heteroatoms. The molecule has 0 aromatic heterocycles. The second-order valence-corrected chi connectivity index (χ2v) is 6.58. The highest BCUT2D eigenvalue weighted by atomic mass is 79.9. The lowest BCUT2D eigenvalue weighted by atomic mass is 10.1. The van der Waals surface area contributed by atoms with Gasteiger partial charge in [0.1, 0.15) is 0 Å². The Kier molecular flexibility index (Phi) is 6.66. The molecule has 0 spiro atoms. The molecule has 2 rings (SSSR count). The molecule has 3 N–H and O–H groups in total. The van der Waals surface area contributed by atoms with Gasteiger partial charge in [0.2, 0.25) is 0 Å². The number of hydrogen-bond donors (Lipinski definition) is 3. The van der Waals surface area contributed by atoms with Gasteiger partial charge in [0.05, 0.1) is 0 Å². The number of carbonyl (C=O) groups is 2. The van der Waals surface area contributed by atoms with Gasteiger partial charge in [-0.15, -0.1) is 0 Å². The molecule has 0 saturated carbocycles. The predicted molar refractivity (Wildman–Crippen MR) is 107 cm³/mol. The number of amides is 2. The van der Waals surface area contributed by atoms with E-state index in [9.17, 15) is 9.59 Å². The molecule has 25 heavy (non-hydrogen) atoms. The van der Waals surface area contributed by atoms with Crippen molar-refractivity contribution in [2.45, 2.75) is 13.8 Å². The summed E-state index contributed by atoms with van der Waals surface area (Å²) in [5.41, 5.74) is 2.68. The van der Waals surface area contributed by atoms with Gasteiger partial charge in [0.25, 0.3) is 11.8 Å². The van der Waals surface area contributed by atoms with Crippen molar-refractivity contribution in [1.82, 2.24) is 10.6 Å². The first kappa shape index (κ1) is 19.1. The van der Waals surface area contributed by atoms with Gasteiger partial charge in [-0.05, 0) is 62.0 Å². The standard InChI is InChI=1S/C18H18BrN3O2S/c1-3-20-16(23)12-5-4-6-14(9-12)21-18(25)22-17(24)13-8-7-11(2)15(19)10-13/h4-10H,3H2,1-2H3,(H,20,23)(H2,21,22,24,25). The fourth-order valence-corrected chi connectivity index (χ4v) is 2.66. The van der Waals surface area contributed by atoms with E-state index in [-0.39, 0.29) is 16.9 Å². The van der Waals surface area contributed by atoms with Gasteiger partial charge in [-0.2, -0.15) is 0 Å². The number of halogens is 1. The molecule has 0 saturated heterocycles. The summed E-state index contributed by atoms with van der Waals surface area (Å²) in [5.74, 6) is -0.469. The van der Waals surface area contributed by atoms with Crippen LogP contribution in [0, 0.1) is 6.92 Å². The quantitative estimate of drug-likeness (QED) is 0.661. The maximum Gasteiger partial charge on any atom is 0.257 e. The molecule has 0 aliphatic carbocycles. The first-order chi connectivity index (χ1) is 11.9. The highest BCUT2D eigenvalue weighted by Gasteiger charge is 2.10. The molecule has 0 atom stereocenters. The van der Waals surface area contributed by atoms with Crippen LogP contribution in [0.5, 0.6) is 0 Å². The topological polar surface area (TPSA) is 70.2 Å². The van der Waals surface area contributed by atoms with Crippen LogP contribution in [0.1, 0.15) is 33.2 Å². The van der Waals surface area contributed by atoms with E-state index < -0.39 is 0 Å². The average molecular weight is 420 g/mol. The molecule has 2 aromatic carbocycles. The number of anilines is 1. The van der Waals surface area contributed by atoms with Crippen molar-refractivity contribution in [1.29, 1.82) is 0 Å². The maximum atomic E-state index is 12.2. The third kappa shape index (κ3) is 5.37. The van der Waals surface area contributed by atoms with Gasteiger partial charge in [-0.25, -0.2) is 0 Å². The van der Waals surface area contributed by atoms with Crippen molar-refractivity contribution >= 4 is 50.8 Å². The molecule has 0 aliphatic rings. The summed E-state index contributed by atoms with van der Waals surface area (Å²) in [6, 6.07) is 12.2. The Morgan fingerprint density at radius 2 is 1.80 bits per heavy atom. The van der Waals surface area contributed by atoms with E-state index in [4.69, 9.17) is 12.2 Å². The summed E-state index contributed by atoms with van der Waals surface area (Å²) in [4.78, 5) is 24.1. The molecule has 2 aromatic rings. The Labute approximate surface area is 160 Å². The number of hydrogen-bond acceptors (Lipinski definition) is 3. The lowest BCUT2D eigenvalue weighted by Crippen LogP contribution is -2.34. The Balaban J connectivity index is 2.02. The Morgan fingerprint density at radius 3 is 2.48 bits per heavy atom. The first-order valence-electron chi connectivity index (χ1n) is 7.67. The van der Waals surface area contributed by atoms with E-state index in [1.165, 1.54) is 0 Å². The molecule has 0 unspecified atom stereocenters. The van der Waals surface area contributed by atoms with Crippen molar-refractivity contribution in [2.24, 2.45) is 0 Å². The minimum atomic E-state index is -0.307. The van der Waals surface area contributed by atoms with Crippen LogP contribution in [-0.2, 0) is 0 Å². The molecule has 130 valence electrons. The van der Waals surface area contributed by atoms with E-state index >= 15 is 0 Å². The van der Waals surface area contributed by atoms with Gasteiger partial charge < -0.3 is 10.6 Å². The minimum absolute atomic E-state index is 0.161. The molecule has 0 heterocycles. The highest BCUT2D eigenvalue weighted by Crippen LogP contribution is 2.17. The fraction of sp³-hybridized carbons (Fsp3) is 0.167. The Bertz CT molecular complexity index is 824. The van der Waals surface area contributed by atoms with Crippen LogP contribution in [0.4, 0.5) is 5.69 Å². The van der Waals surface area contributed by atoms with Gasteiger partial charge in [-0.3, -0.25) is 14.9 Å². The van der Waals surface area contributed by atoms with E-state index in [0.29, 0.717) is 23.4 Å². The third-order valence-corrected chi connectivity index (χ3v) is 4.44. The molecule has 0 aliphatic heterocycles. The van der Waals surface area contributed by atoms with Crippen LogP contribution in [0.15, 0.2) is 46.9 Å². The summed E-state index contributed by atoms with van der Waals surface area (Å²) in [6.07, 6.45) is 0. The van der Waals surface area contributed by atoms with Crippen molar-refractivity contribution < 1.29 is 9.59 Å². The second kappa shape index (κ2) is 8.73. The lowest BCUT2D eigenvalue weighted by Gasteiger charge is -2.11. The summed E-state index contributed by atoms with van der Waals surface area (Å²) >= 11 is 8.58. The summed E-state index contributed by atoms with van der Waals surface area (Å²) in [7, 11) is 0. The Morgan fingerprint density at radius 1 is 1.08 bits per heavy atom. The van der Waals surface area contributed by atoms with Gasteiger partial charge in [-0.1, -0.05) is 28.1 Å². The molecular weight excluding hydrogens is 402 g/mol. The summed E-state index contributed by atoms with van der Waals surface area (Å²) in [5, 5.41) is 8.43. The predicted octanol–water partition coefficient (Wildman–Crippen LogP) is 3.63. The molecule has 2 amide bonds. The van der Waals surface area contributed by atoms with Crippen molar-refractivity contribution in [3.8, 4) is 0 Å². The molecule has 0 fully saturated rings. The summed E-state index contributed by atoms with van der Waals surface area (Å²) in [6.45, 7) is 4.35. The molecule has 0 bridgehead atoms. The minimum Gasteiger partial charge on any atom is -0.352 e. The number of rotatable bonds is 4. The van der Waals surface area contributed by atoms with Crippen LogP contribution in [0.25, 0.3) is 0 Å². The zero-order valence-electron chi connectivity index (χ0n) is 13.9. The van der Waals surface area contributed by atoms with Crippen LogP contribution in [-0.4, -0.2) is 23.5 Å². The monoisotopic (exact) mass is 419 g/mol. The summed E-state index contributed by atoms with van der Waals surface area (Å²) < 4.78 is 0.855. The van der Waals surface area contributed by atoms with Crippen LogP contribution >= 0.6 is 28.1 Å². The number of thiocarbonyl (C=S) groups is 1. The van der Waals surface area contributed by atoms with E-state index in [1.54, 1.807) is 36.4 Å². The van der Waals surface area contributed by atoms with Crippen LogP contribution < -0.4 is 16.0 Å². The number of nitrogens with one attached hydrogen (secondary N) is 3. The normalized spacial score (nSPS) is 10.0. The van der Waals surface area contributed by atoms with E-state index in [0.717, 1.165) is 10.0 Å². The van der Waals surface area contributed by atoms with Gasteiger partial charge >= 0.3 is 0 Å². The highest BCUT2D eigenvalue weighted by molar-refractivity contribution is 9.10. The SMILES string of the molecule is CCNC(=O)c1cccc(NC(=S)NC(=O)c2ccc(C)c(Br)c2)c1. The second-order valence-electron chi connectivity index (χ2n) is 5.31. The van der Waals surface area contributed by atoms with Crippen LogP contribution in [0.2, 0.25) is 0 Å². The first-order valence-corrected chi connectivity index (χ1v) is 8.87. The zero-order valence-corrected chi connectivity index (χ0v) is 16.3. The Hall–Kier alpha value is -2.25. The smallest absolute Gasteiger partial charge is 0.257 e.